The molecule has 138 valence electrons. The van der Waals surface area contributed by atoms with Crippen molar-refractivity contribution in [3.63, 3.8) is 0 Å². The van der Waals surface area contributed by atoms with Crippen molar-refractivity contribution in [1.29, 1.82) is 0 Å². The van der Waals surface area contributed by atoms with Crippen LogP contribution in [0.2, 0.25) is 0 Å². The number of nitrogens with one attached hydrogen (secondary N) is 1. The Balaban J connectivity index is 1.61. The first-order chi connectivity index (χ1) is 12.5. The zero-order chi connectivity index (χ0) is 18.3. The molecule has 1 aromatic carbocycles. The average molecular weight is 357 g/mol. The van der Waals surface area contributed by atoms with Crippen LogP contribution in [0.4, 0.5) is 11.4 Å². The van der Waals surface area contributed by atoms with E-state index in [0.29, 0.717) is 17.4 Å². The van der Waals surface area contributed by atoms with Crippen molar-refractivity contribution in [3.8, 4) is 0 Å². The van der Waals surface area contributed by atoms with Crippen LogP contribution < -0.4 is 15.1 Å². The summed E-state index contributed by atoms with van der Waals surface area (Å²) in [5.41, 5.74) is 1.29. The van der Waals surface area contributed by atoms with Crippen molar-refractivity contribution in [1.82, 2.24) is 5.32 Å². The van der Waals surface area contributed by atoms with E-state index in [1.165, 1.54) is 29.9 Å². The van der Waals surface area contributed by atoms with Gasteiger partial charge < -0.3 is 15.3 Å². The summed E-state index contributed by atoms with van der Waals surface area (Å²) >= 11 is 0. The van der Waals surface area contributed by atoms with Gasteiger partial charge in [-0.2, -0.15) is 0 Å². The van der Waals surface area contributed by atoms with Gasteiger partial charge in [-0.15, -0.1) is 0 Å². The predicted molar refractivity (Wildman–Crippen MR) is 96.5 cm³/mol. The number of carboxylic acid groups (broad SMARTS) is 1. The number of benzene rings is 1. The standard InChI is InChI=1S/C19H23N3O4/c23-17(10-20-13-3-1-2-4-13)21-11-18(24)22(14-6-7-14)15-8-5-12(19(25)26)9-16(15)21/h5,8-9,13-14,20H,1-4,6-7,10-11H2,(H,25,26). The van der Waals surface area contributed by atoms with Gasteiger partial charge in [0, 0.05) is 12.1 Å². The van der Waals surface area contributed by atoms with Crippen LogP contribution in [0, 0.1) is 0 Å². The first-order valence-corrected chi connectivity index (χ1v) is 9.28. The van der Waals surface area contributed by atoms with E-state index >= 15 is 0 Å². The van der Waals surface area contributed by atoms with Gasteiger partial charge in [-0.3, -0.25) is 14.5 Å². The fraction of sp³-hybridized carbons (Fsp3) is 0.526. The van der Waals surface area contributed by atoms with Crippen molar-refractivity contribution >= 4 is 29.2 Å². The highest BCUT2D eigenvalue weighted by Gasteiger charge is 2.40. The van der Waals surface area contributed by atoms with Crippen LogP contribution in [0.5, 0.6) is 0 Å². The fourth-order valence-electron chi connectivity index (χ4n) is 3.92. The molecule has 1 aliphatic heterocycles. The minimum Gasteiger partial charge on any atom is -0.478 e. The summed E-state index contributed by atoms with van der Waals surface area (Å²) in [7, 11) is 0. The largest absolute Gasteiger partial charge is 0.478 e. The Hall–Kier alpha value is -2.41. The number of amides is 2. The third-order valence-corrected chi connectivity index (χ3v) is 5.44. The van der Waals surface area contributed by atoms with Crippen molar-refractivity contribution < 1.29 is 19.5 Å². The van der Waals surface area contributed by atoms with E-state index in [4.69, 9.17) is 0 Å². The van der Waals surface area contributed by atoms with Gasteiger partial charge in [-0.05, 0) is 43.9 Å². The number of hydrogen-bond acceptors (Lipinski definition) is 4. The molecular weight excluding hydrogens is 334 g/mol. The first-order valence-electron chi connectivity index (χ1n) is 9.28. The number of aromatic carboxylic acids is 1. The first kappa shape index (κ1) is 17.0. The van der Waals surface area contributed by atoms with Crippen LogP contribution in [0.1, 0.15) is 48.9 Å². The number of rotatable bonds is 5. The summed E-state index contributed by atoms with van der Waals surface area (Å²) in [5, 5.41) is 12.6. The minimum atomic E-state index is -1.04. The summed E-state index contributed by atoms with van der Waals surface area (Å²) in [6.45, 7) is 0.135. The number of anilines is 2. The maximum Gasteiger partial charge on any atom is 0.335 e. The number of carbonyl (C=O) groups is 3. The monoisotopic (exact) mass is 357 g/mol. The van der Waals surface area contributed by atoms with Crippen LogP contribution in [0.3, 0.4) is 0 Å². The average Bonchev–Trinajstić information content (AvgIpc) is 3.32. The van der Waals surface area contributed by atoms with Crippen LogP contribution in [-0.4, -0.2) is 48.1 Å². The summed E-state index contributed by atoms with van der Waals surface area (Å²) in [5.74, 6) is -1.33. The van der Waals surface area contributed by atoms with E-state index in [1.54, 1.807) is 11.0 Å². The Labute approximate surface area is 152 Å². The molecule has 2 saturated carbocycles. The van der Waals surface area contributed by atoms with Crippen molar-refractivity contribution in [2.45, 2.75) is 50.6 Å². The highest BCUT2D eigenvalue weighted by molar-refractivity contribution is 6.12. The maximum atomic E-state index is 12.8. The minimum absolute atomic E-state index is 0.0300. The lowest BCUT2D eigenvalue weighted by Gasteiger charge is -2.36. The maximum absolute atomic E-state index is 12.8. The third kappa shape index (κ3) is 3.19. The normalized spacial score (nSPS) is 20.4. The molecular formula is C19H23N3O4. The lowest BCUT2D eigenvalue weighted by Crippen LogP contribution is -2.51. The third-order valence-electron chi connectivity index (χ3n) is 5.44. The van der Waals surface area contributed by atoms with Gasteiger partial charge in [-0.1, -0.05) is 12.8 Å². The molecule has 0 saturated heterocycles. The second-order valence-corrected chi connectivity index (χ2v) is 7.35. The van der Waals surface area contributed by atoms with Crippen molar-refractivity contribution in [2.75, 3.05) is 22.9 Å². The Kier molecular flexibility index (Phi) is 4.40. The lowest BCUT2D eigenvalue weighted by atomic mass is 10.1. The topological polar surface area (TPSA) is 90.0 Å². The number of fused-ring (bicyclic) bond motifs is 1. The molecule has 1 aromatic rings. The molecule has 2 aliphatic carbocycles. The van der Waals surface area contributed by atoms with E-state index in [9.17, 15) is 19.5 Å². The Morgan fingerprint density at radius 3 is 2.50 bits per heavy atom. The van der Waals surface area contributed by atoms with E-state index < -0.39 is 5.97 Å². The molecule has 4 rings (SSSR count). The zero-order valence-corrected chi connectivity index (χ0v) is 14.6. The van der Waals surface area contributed by atoms with Gasteiger partial charge in [0.15, 0.2) is 0 Å². The Morgan fingerprint density at radius 2 is 1.85 bits per heavy atom. The van der Waals surface area contributed by atoms with Gasteiger partial charge in [0.25, 0.3) is 0 Å². The molecule has 2 N–H and O–H groups in total. The van der Waals surface area contributed by atoms with Crippen molar-refractivity contribution in [2.24, 2.45) is 0 Å². The highest BCUT2D eigenvalue weighted by atomic mass is 16.4. The van der Waals surface area contributed by atoms with E-state index in [0.717, 1.165) is 25.7 Å². The Morgan fingerprint density at radius 1 is 1.12 bits per heavy atom. The molecule has 7 nitrogen and oxygen atoms in total. The SMILES string of the molecule is O=C(O)c1ccc2c(c1)N(C(=O)CNC1CCCC1)CC(=O)N2C1CC1. The molecule has 0 spiro atoms. The summed E-state index contributed by atoms with van der Waals surface area (Å²) in [6.07, 6.45) is 6.39. The summed E-state index contributed by atoms with van der Waals surface area (Å²) in [6, 6.07) is 5.18. The highest BCUT2D eigenvalue weighted by Crippen LogP contribution is 2.41. The number of carboxylic acids is 1. The molecule has 0 unspecified atom stereocenters. The number of hydrogen-bond donors (Lipinski definition) is 2. The smallest absolute Gasteiger partial charge is 0.335 e. The lowest BCUT2D eigenvalue weighted by molar-refractivity contribution is -0.122. The number of nitrogens with zero attached hydrogens (tertiary/aromatic N) is 2. The second-order valence-electron chi connectivity index (χ2n) is 7.35. The molecule has 26 heavy (non-hydrogen) atoms. The van der Waals surface area contributed by atoms with Gasteiger partial charge in [-0.25, -0.2) is 4.79 Å². The molecule has 0 atom stereocenters. The summed E-state index contributed by atoms with van der Waals surface area (Å²) in [4.78, 5) is 39.9. The molecule has 2 amide bonds. The van der Waals surface area contributed by atoms with Crippen LogP contribution in [0.15, 0.2) is 18.2 Å². The molecule has 0 radical (unpaired) electrons. The van der Waals surface area contributed by atoms with Crippen LogP contribution in [-0.2, 0) is 9.59 Å². The predicted octanol–water partition coefficient (Wildman–Crippen LogP) is 1.76. The van der Waals surface area contributed by atoms with Crippen molar-refractivity contribution in [3.05, 3.63) is 23.8 Å². The molecule has 2 fully saturated rings. The zero-order valence-electron chi connectivity index (χ0n) is 14.6. The van der Waals surface area contributed by atoms with Gasteiger partial charge in [0.1, 0.15) is 6.54 Å². The summed E-state index contributed by atoms with van der Waals surface area (Å²) < 4.78 is 0. The molecule has 7 heteroatoms. The van der Waals surface area contributed by atoms with E-state index in [2.05, 4.69) is 5.32 Å². The van der Waals surface area contributed by atoms with E-state index in [-0.39, 0.29) is 36.5 Å². The number of carbonyl (C=O) groups excluding carboxylic acids is 2. The Bertz CT molecular complexity index is 753. The van der Waals surface area contributed by atoms with Gasteiger partial charge in [0.05, 0.1) is 23.5 Å². The fourth-order valence-corrected chi connectivity index (χ4v) is 3.92. The van der Waals surface area contributed by atoms with Crippen LogP contribution >= 0.6 is 0 Å². The van der Waals surface area contributed by atoms with Gasteiger partial charge in [0.2, 0.25) is 11.8 Å². The molecule has 1 heterocycles. The van der Waals surface area contributed by atoms with E-state index in [1.807, 2.05) is 0 Å². The van der Waals surface area contributed by atoms with Gasteiger partial charge >= 0.3 is 5.97 Å². The molecule has 0 bridgehead atoms. The second kappa shape index (κ2) is 6.72. The quantitative estimate of drug-likeness (QED) is 0.838. The molecule has 0 aromatic heterocycles. The van der Waals surface area contributed by atoms with Crippen LogP contribution in [0.25, 0.3) is 0 Å². The molecule has 3 aliphatic rings.